The summed E-state index contributed by atoms with van der Waals surface area (Å²) in [6.45, 7) is 0. The monoisotopic (exact) mass is 212 g/mol. The van der Waals surface area contributed by atoms with E-state index in [2.05, 4.69) is 4.98 Å². The molecule has 3 nitrogen and oxygen atoms in total. The summed E-state index contributed by atoms with van der Waals surface area (Å²) in [6.07, 6.45) is 3.18. The van der Waals surface area contributed by atoms with E-state index in [9.17, 15) is 4.79 Å². The normalized spacial score (nSPS) is 12.1. The Kier molecular flexibility index (Phi) is 3.08. The molecule has 0 fully saturated rings. The molecule has 16 heavy (non-hydrogen) atoms. The smallest absolute Gasteiger partial charge is 0.184 e. The highest BCUT2D eigenvalue weighted by Gasteiger charge is 2.16. The quantitative estimate of drug-likeness (QED) is 0.791. The van der Waals surface area contributed by atoms with E-state index in [1.54, 1.807) is 24.5 Å². The van der Waals surface area contributed by atoms with Gasteiger partial charge >= 0.3 is 0 Å². The molecule has 80 valence electrons. The number of aromatic nitrogens is 1. The van der Waals surface area contributed by atoms with Crippen LogP contribution in [0.15, 0.2) is 54.9 Å². The van der Waals surface area contributed by atoms with E-state index in [0.717, 1.165) is 5.56 Å². The van der Waals surface area contributed by atoms with Crippen LogP contribution < -0.4 is 5.73 Å². The molecule has 2 aromatic rings. The highest BCUT2D eigenvalue weighted by molar-refractivity contribution is 6.00. The molecule has 0 bridgehead atoms. The molecule has 0 aliphatic heterocycles. The van der Waals surface area contributed by atoms with Gasteiger partial charge in [0.05, 0.1) is 6.04 Å². The average molecular weight is 212 g/mol. The summed E-state index contributed by atoms with van der Waals surface area (Å²) in [6, 6.07) is 12.1. The second kappa shape index (κ2) is 4.68. The minimum absolute atomic E-state index is 0.0893. The Labute approximate surface area is 93.9 Å². The van der Waals surface area contributed by atoms with E-state index >= 15 is 0 Å². The van der Waals surface area contributed by atoms with Gasteiger partial charge in [0, 0.05) is 18.0 Å². The fourth-order valence-electron chi connectivity index (χ4n) is 1.51. The summed E-state index contributed by atoms with van der Waals surface area (Å²) in [5.41, 5.74) is 7.31. The molecule has 0 aliphatic carbocycles. The van der Waals surface area contributed by atoms with Crippen LogP contribution in [-0.2, 0) is 0 Å². The largest absolute Gasteiger partial charge is 0.318 e. The standard InChI is InChI=1S/C13H12N2O/c14-12(10-4-2-1-3-5-10)13(16)11-6-8-15-9-7-11/h1-9,12H,14H2. The number of hydrogen-bond donors (Lipinski definition) is 1. The number of Topliss-reactive ketones (excluding diaryl/α,β-unsaturated/α-hetero) is 1. The summed E-state index contributed by atoms with van der Waals surface area (Å²) in [5, 5.41) is 0. The summed E-state index contributed by atoms with van der Waals surface area (Å²) >= 11 is 0. The van der Waals surface area contributed by atoms with Crippen LogP contribution in [0.5, 0.6) is 0 Å². The molecular formula is C13H12N2O. The van der Waals surface area contributed by atoms with Crippen LogP contribution in [0, 0.1) is 0 Å². The molecule has 1 aromatic carbocycles. The second-order valence-electron chi connectivity index (χ2n) is 3.49. The molecule has 0 radical (unpaired) electrons. The average Bonchev–Trinajstić information content (AvgIpc) is 2.39. The van der Waals surface area contributed by atoms with E-state index in [1.807, 2.05) is 30.3 Å². The molecule has 0 aliphatic rings. The SMILES string of the molecule is NC(C(=O)c1ccncc1)c1ccccc1. The molecule has 0 amide bonds. The van der Waals surface area contributed by atoms with Gasteiger partial charge in [-0.1, -0.05) is 30.3 Å². The van der Waals surface area contributed by atoms with Gasteiger partial charge in [0.2, 0.25) is 0 Å². The number of rotatable bonds is 3. The van der Waals surface area contributed by atoms with Gasteiger partial charge in [-0.15, -0.1) is 0 Å². The molecule has 1 heterocycles. The van der Waals surface area contributed by atoms with Crippen molar-refractivity contribution in [1.29, 1.82) is 0 Å². The molecule has 2 N–H and O–H groups in total. The lowest BCUT2D eigenvalue weighted by Gasteiger charge is -2.10. The first-order valence-corrected chi connectivity index (χ1v) is 5.04. The van der Waals surface area contributed by atoms with Crippen molar-refractivity contribution in [3.05, 3.63) is 66.0 Å². The number of carbonyl (C=O) groups excluding carboxylic acids is 1. The first kappa shape index (κ1) is 10.5. The van der Waals surface area contributed by atoms with Gasteiger partial charge in [0.25, 0.3) is 0 Å². The Balaban J connectivity index is 2.24. The third-order valence-electron chi connectivity index (χ3n) is 2.41. The van der Waals surface area contributed by atoms with Crippen LogP contribution in [0.1, 0.15) is 22.0 Å². The van der Waals surface area contributed by atoms with Crippen molar-refractivity contribution in [2.24, 2.45) is 5.73 Å². The Hall–Kier alpha value is -2.00. The van der Waals surface area contributed by atoms with Crippen molar-refractivity contribution in [2.45, 2.75) is 6.04 Å². The molecule has 1 atom stereocenters. The van der Waals surface area contributed by atoms with Gasteiger partial charge < -0.3 is 5.73 Å². The Bertz CT molecular complexity index is 468. The number of carbonyl (C=O) groups is 1. The molecule has 0 spiro atoms. The first-order valence-electron chi connectivity index (χ1n) is 5.04. The Morgan fingerprint density at radius 3 is 2.31 bits per heavy atom. The zero-order chi connectivity index (χ0) is 11.4. The summed E-state index contributed by atoms with van der Waals surface area (Å²) in [4.78, 5) is 15.9. The van der Waals surface area contributed by atoms with E-state index in [0.29, 0.717) is 5.56 Å². The van der Waals surface area contributed by atoms with E-state index in [4.69, 9.17) is 5.73 Å². The maximum absolute atomic E-state index is 12.0. The Morgan fingerprint density at radius 1 is 1.06 bits per heavy atom. The van der Waals surface area contributed by atoms with E-state index < -0.39 is 6.04 Å². The Morgan fingerprint density at radius 2 is 1.69 bits per heavy atom. The summed E-state index contributed by atoms with van der Waals surface area (Å²) < 4.78 is 0. The number of pyridine rings is 1. The van der Waals surface area contributed by atoms with Crippen LogP contribution in [0.3, 0.4) is 0 Å². The van der Waals surface area contributed by atoms with Crippen molar-refractivity contribution in [2.75, 3.05) is 0 Å². The van der Waals surface area contributed by atoms with Crippen LogP contribution in [0.4, 0.5) is 0 Å². The highest BCUT2D eigenvalue weighted by atomic mass is 16.1. The van der Waals surface area contributed by atoms with Crippen LogP contribution >= 0.6 is 0 Å². The lowest BCUT2D eigenvalue weighted by Crippen LogP contribution is -2.21. The summed E-state index contributed by atoms with van der Waals surface area (Å²) in [5.74, 6) is -0.0893. The van der Waals surface area contributed by atoms with Crippen molar-refractivity contribution in [3.63, 3.8) is 0 Å². The van der Waals surface area contributed by atoms with E-state index in [-0.39, 0.29) is 5.78 Å². The van der Waals surface area contributed by atoms with Crippen molar-refractivity contribution >= 4 is 5.78 Å². The number of nitrogens with two attached hydrogens (primary N) is 1. The molecule has 1 unspecified atom stereocenters. The third kappa shape index (κ3) is 2.15. The first-order chi connectivity index (χ1) is 7.79. The van der Waals surface area contributed by atoms with Gasteiger partial charge in [-0.2, -0.15) is 0 Å². The predicted octanol–water partition coefficient (Wildman–Crippen LogP) is 1.96. The molecule has 0 saturated heterocycles. The lowest BCUT2D eigenvalue weighted by atomic mass is 9.99. The minimum atomic E-state index is -0.608. The van der Waals surface area contributed by atoms with Crippen molar-refractivity contribution < 1.29 is 4.79 Å². The molecule has 3 heteroatoms. The van der Waals surface area contributed by atoms with Gasteiger partial charge in [0.1, 0.15) is 0 Å². The number of hydrogen-bond acceptors (Lipinski definition) is 3. The zero-order valence-electron chi connectivity index (χ0n) is 8.71. The van der Waals surface area contributed by atoms with Gasteiger partial charge in [-0.25, -0.2) is 0 Å². The van der Waals surface area contributed by atoms with Crippen LogP contribution in [0.2, 0.25) is 0 Å². The van der Waals surface area contributed by atoms with Crippen LogP contribution in [0.25, 0.3) is 0 Å². The molecule has 1 aromatic heterocycles. The van der Waals surface area contributed by atoms with Gasteiger partial charge in [0.15, 0.2) is 5.78 Å². The topological polar surface area (TPSA) is 56.0 Å². The van der Waals surface area contributed by atoms with Crippen molar-refractivity contribution in [1.82, 2.24) is 4.98 Å². The summed E-state index contributed by atoms with van der Waals surface area (Å²) in [7, 11) is 0. The molecular weight excluding hydrogens is 200 g/mol. The lowest BCUT2D eigenvalue weighted by molar-refractivity contribution is 0.0961. The minimum Gasteiger partial charge on any atom is -0.318 e. The third-order valence-corrected chi connectivity index (χ3v) is 2.41. The van der Waals surface area contributed by atoms with Crippen LogP contribution in [-0.4, -0.2) is 10.8 Å². The second-order valence-corrected chi connectivity index (χ2v) is 3.49. The number of nitrogens with zero attached hydrogens (tertiary/aromatic N) is 1. The fourth-order valence-corrected chi connectivity index (χ4v) is 1.51. The van der Waals surface area contributed by atoms with Crippen molar-refractivity contribution in [3.8, 4) is 0 Å². The molecule has 0 saturated carbocycles. The highest BCUT2D eigenvalue weighted by Crippen LogP contribution is 2.15. The number of benzene rings is 1. The van der Waals surface area contributed by atoms with Gasteiger partial charge in [-0.05, 0) is 17.7 Å². The molecule has 2 rings (SSSR count). The zero-order valence-corrected chi connectivity index (χ0v) is 8.71. The predicted molar refractivity (Wildman–Crippen MR) is 61.9 cm³/mol. The fraction of sp³-hybridized carbons (Fsp3) is 0.0769. The number of ketones is 1. The van der Waals surface area contributed by atoms with Gasteiger partial charge in [-0.3, -0.25) is 9.78 Å². The maximum Gasteiger partial charge on any atom is 0.184 e. The maximum atomic E-state index is 12.0. The van der Waals surface area contributed by atoms with E-state index in [1.165, 1.54) is 0 Å².